The summed E-state index contributed by atoms with van der Waals surface area (Å²) in [6.07, 6.45) is 5.70. The lowest BCUT2D eigenvalue weighted by Crippen LogP contribution is -2.36. The van der Waals surface area contributed by atoms with E-state index in [2.05, 4.69) is 32.1 Å². The summed E-state index contributed by atoms with van der Waals surface area (Å²) in [5.41, 5.74) is 0.693. The normalized spacial score (nSPS) is 14.8. The van der Waals surface area contributed by atoms with E-state index in [9.17, 15) is 9.59 Å². The molecule has 1 saturated carbocycles. The Balaban J connectivity index is 1.60. The number of carbonyl (C=O) groups excluding carboxylic acids is 2. The van der Waals surface area contributed by atoms with Gasteiger partial charge in [0, 0.05) is 37.1 Å². The Labute approximate surface area is 209 Å². The number of benzene rings is 1. The third-order valence-electron chi connectivity index (χ3n) is 6.47. The summed E-state index contributed by atoms with van der Waals surface area (Å²) in [5, 5.41) is 7.96. The Bertz CT molecular complexity index is 1370. The van der Waals surface area contributed by atoms with Crippen LogP contribution in [0.25, 0.3) is 16.6 Å². The van der Waals surface area contributed by atoms with Crippen molar-refractivity contribution < 1.29 is 14.0 Å². The lowest BCUT2D eigenvalue weighted by atomic mass is 9.98. The molecule has 1 aliphatic rings. The molecule has 0 spiro atoms. The van der Waals surface area contributed by atoms with Gasteiger partial charge in [-0.1, -0.05) is 12.1 Å². The summed E-state index contributed by atoms with van der Waals surface area (Å²) in [6, 6.07) is 4.60. The van der Waals surface area contributed by atoms with Crippen molar-refractivity contribution in [3.63, 3.8) is 0 Å². The zero-order chi connectivity index (χ0) is 26.2. The molecule has 9 nitrogen and oxygen atoms in total. The van der Waals surface area contributed by atoms with Crippen LogP contribution in [0.2, 0.25) is 0 Å². The van der Waals surface area contributed by atoms with Crippen molar-refractivity contribution >= 4 is 35.1 Å². The second kappa shape index (κ2) is 9.60. The van der Waals surface area contributed by atoms with Gasteiger partial charge in [-0.15, -0.1) is 0 Å². The van der Waals surface area contributed by atoms with E-state index in [1.54, 1.807) is 41.2 Å². The first-order valence-electron chi connectivity index (χ1n) is 11.8. The molecule has 0 bridgehead atoms. The zero-order valence-electron chi connectivity index (χ0n) is 21.1. The van der Waals surface area contributed by atoms with E-state index in [-0.39, 0.29) is 29.4 Å². The molecular formula is C26H30FN7O2. The van der Waals surface area contributed by atoms with Crippen LogP contribution in [0.4, 0.5) is 4.39 Å². The standard InChI is InChI=1S/C26H30FN7O2/c1-15(2)33(6)25(36)19(14-28-5)17-7-8-20(21(27)11-17)26(9-10-26)32-24(35)22-29-12-18-13-30-34(16(3)4)23(18)31-22/h7-8,11-16H,5,9-10H2,1-4,6H3,(H,32,35)/b19-14-. The third kappa shape index (κ3) is 4.62. The average Bonchev–Trinajstić information content (AvgIpc) is 3.48. The van der Waals surface area contributed by atoms with Crippen molar-refractivity contribution in [1.29, 1.82) is 0 Å². The Morgan fingerprint density at radius 2 is 1.97 bits per heavy atom. The van der Waals surface area contributed by atoms with Crippen molar-refractivity contribution in [3.05, 3.63) is 59.6 Å². The summed E-state index contributed by atoms with van der Waals surface area (Å²) < 4.78 is 17.1. The molecular weight excluding hydrogens is 461 g/mol. The number of likely N-dealkylation sites (N-methyl/N-ethyl adjacent to an activating group) is 1. The molecule has 0 aliphatic heterocycles. The first-order valence-corrected chi connectivity index (χ1v) is 11.8. The topological polar surface area (TPSA) is 105 Å². The molecule has 2 heterocycles. The van der Waals surface area contributed by atoms with Gasteiger partial charge in [-0.2, -0.15) is 5.10 Å². The Kier molecular flexibility index (Phi) is 6.71. The van der Waals surface area contributed by atoms with Gasteiger partial charge in [-0.05, 0) is 58.9 Å². The van der Waals surface area contributed by atoms with Gasteiger partial charge in [0.25, 0.3) is 11.8 Å². The highest BCUT2D eigenvalue weighted by Gasteiger charge is 2.48. The SMILES string of the molecule is C=N/C=C(\C(=O)N(C)C(C)C)c1ccc(C2(NC(=O)c3ncc4cnn(C(C)C)c4n3)CC2)c(F)c1. The van der Waals surface area contributed by atoms with Crippen LogP contribution in [-0.2, 0) is 10.3 Å². The fourth-order valence-corrected chi connectivity index (χ4v) is 4.02. The Hall–Kier alpha value is -3.95. The summed E-state index contributed by atoms with van der Waals surface area (Å²) in [6.45, 7) is 11.2. The van der Waals surface area contributed by atoms with Crippen LogP contribution in [0, 0.1) is 5.82 Å². The minimum Gasteiger partial charge on any atom is -0.340 e. The van der Waals surface area contributed by atoms with E-state index in [0.29, 0.717) is 29.6 Å². The number of hydrogen-bond donors (Lipinski definition) is 1. The number of nitrogens with zero attached hydrogens (tertiary/aromatic N) is 6. The molecule has 36 heavy (non-hydrogen) atoms. The first kappa shape index (κ1) is 25.2. The van der Waals surface area contributed by atoms with Crippen LogP contribution in [0.5, 0.6) is 0 Å². The number of rotatable bonds is 8. The maximum absolute atomic E-state index is 15.4. The van der Waals surface area contributed by atoms with Crippen molar-refractivity contribution in [2.75, 3.05) is 7.05 Å². The molecule has 3 aromatic rings. The molecule has 1 aliphatic carbocycles. The van der Waals surface area contributed by atoms with E-state index in [1.807, 2.05) is 27.7 Å². The van der Waals surface area contributed by atoms with Crippen molar-refractivity contribution in [2.45, 2.75) is 58.2 Å². The number of carbonyl (C=O) groups is 2. The molecule has 0 saturated heterocycles. The molecule has 0 radical (unpaired) electrons. The second-order valence-corrected chi connectivity index (χ2v) is 9.62. The highest BCUT2D eigenvalue weighted by Crippen LogP contribution is 2.47. The Morgan fingerprint density at radius 1 is 1.25 bits per heavy atom. The predicted molar refractivity (Wildman–Crippen MR) is 136 cm³/mol. The van der Waals surface area contributed by atoms with Crippen LogP contribution in [0.15, 0.2) is 41.8 Å². The van der Waals surface area contributed by atoms with E-state index in [1.165, 1.54) is 12.3 Å². The zero-order valence-corrected chi connectivity index (χ0v) is 21.1. The summed E-state index contributed by atoms with van der Waals surface area (Å²) in [4.78, 5) is 39.8. The number of amides is 2. The quantitative estimate of drug-likeness (QED) is 0.380. The summed E-state index contributed by atoms with van der Waals surface area (Å²) in [5.74, 6) is -1.29. The molecule has 0 unspecified atom stereocenters. The second-order valence-electron chi connectivity index (χ2n) is 9.62. The Morgan fingerprint density at radius 3 is 2.56 bits per heavy atom. The van der Waals surface area contributed by atoms with Gasteiger partial charge in [-0.3, -0.25) is 14.6 Å². The predicted octanol–water partition coefficient (Wildman–Crippen LogP) is 3.87. The van der Waals surface area contributed by atoms with Gasteiger partial charge in [0.15, 0.2) is 5.65 Å². The van der Waals surface area contributed by atoms with Crippen molar-refractivity contribution in [3.8, 4) is 0 Å². The highest BCUT2D eigenvalue weighted by molar-refractivity contribution is 6.19. The van der Waals surface area contributed by atoms with E-state index >= 15 is 4.39 Å². The van der Waals surface area contributed by atoms with Gasteiger partial charge in [0.1, 0.15) is 5.82 Å². The molecule has 1 fully saturated rings. The van der Waals surface area contributed by atoms with Crippen molar-refractivity contribution in [1.82, 2.24) is 30.0 Å². The third-order valence-corrected chi connectivity index (χ3v) is 6.47. The summed E-state index contributed by atoms with van der Waals surface area (Å²) in [7, 11) is 1.68. The van der Waals surface area contributed by atoms with Crippen LogP contribution in [0.1, 0.15) is 68.3 Å². The molecule has 2 amide bonds. The maximum atomic E-state index is 15.4. The molecule has 0 atom stereocenters. The van der Waals surface area contributed by atoms with E-state index in [0.717, 1.165) is 5.39 Å². The van der Waals surface area contributed by atoms with Gasteiger partial charge in [0.2, 0.25) is 5.82 Å². The smallest absolute Gasteiger partial charge is 0.289 e. The number of hydrogen-bond acceptors (Lipinski definition) is 6. The molecule has 4 rings (SSSR count). The number of fused-ring (bicyclic) bond motifs is 1. The van der Waals surface area contributed by atoms with Crippen LogP contribution >= 0.6 is 0 Å². The fourth-order valence-electron chi connectivity index (χ4n) is 4.02. The van der Waals surface area contributed by atoms with Gasteiger partial charge >= 0.3 is 0 Å². The lowest BCUT2D eigenvalue weighted by molar-refractivity contribution is -0.125. The number of halogens is 1. The number of nitrogens with one attached hydrogen (secondary N) is 1. The van der Waals surface area contributed by atoms with Crippen LogP contribution in [0.3, 0.4) is 0 Å². The maximum Gasteiger partial charge on any atom is 0.289 e. The van der Waals surface area contributed by atoms with Crippen LogP contribution < -0.4 is 5.32 Å². The molecule has 1 aromatic carbocycles. The molecule has 10 heteroatoms. The number of aromatic nitrogens is 4. The monoisotopic (exact) mass is 491 g/mol. The first-order chi connectivity index (χ1) is 17.1. The minimum absolute atomic E-state index is 0.00204. The number of aliphatic imine (C=N–C) groups is 1. The molecule has 2 aromatic heterocycles. The van der Waals surface area contributed by atoms with Gasteiger partial charge in [0.05, 0.1) is 22.7 Å². The van der Waals surface area contributed by atoms with E-state index < -0.39 is 17.3 Å². The average molecular weight is 492 g/mol. The minimum atomic E-state index is -0.852. The van der Waals surface area contributed by atoms with E-state index in [4.69, 9.17) is 0 Å². The van der Waals surface area contributed by atoms with Crippen molar-refractivity contribution in [2.24, 2.45) is 4.99 Å². The molecule has 188 valence electrons. The summed E-state index contributed by atoms with van der Waals surface area (Å²) >= 11 is 0. The van der Waals surface area contributed by atoms with Gasteiger partial charge < -0.3 is 10.2 Å². The lowest BCUT2D eigenvalue weighted by Gasteiger charge is -2.23. The molecule has 1 N–H and O–H groups in total. The fraction of sp³-hybridized carbons (Fsp3) is 0.385. The highest BCUT2D eigenvalue weighted by atomic mass is 19.1. The van der Waals surface area contributed by atoms with Gasteiger partial charge in [-0.25, -0.2) is 19.0 Å². The van der Waals surface area contributed by atoms with Crippen LogP contribution in [-0.4, -0.2) is 56.3 Å². The largest absolute Gasteiger partial charge is 0.340 e.